The molecule has 0 radical (unpaired) electrons. The predicted octanol–water partition coefficient (Wildman–Crippen LogP) is 2.28. The Bertz CT molecular complexity index is 745. The number of benzene rings is 2. The summed E-state index contributed by atoms with van der Waals surface area (Å²) in [7, 11) is -5.08. The Balaban J connectivity index is 2.50. The molecular weight excluding hydrogens is 314 g/mol. The molecule has 0 aliphatic heterocycles. The fourth-order valence-corrected chi connectivity index (χ4v) is 3.28. The largest absolute Gasteiger partial charge is 0.392 e. The smallest absolute Gasteiger partial charge is 0.379 e. The molecule has 0 aliphatic carbocycles. The normalized spacial score (nSPS) is 13.8. The topological polar surface area (TPSA) is 74.6 Å². The SMILES string of the molecule is O=S(=O)(c1ccccc1)C(F)(F)C(O)c1ccccc1CO. The Kier molecular flexibility index (Phi) is 4.60. The summed E-state index contributed by atoms with van der Waals surface area (Å²) in [5, 5.41) is 14.6. The van der Waals surface area contributed by atoms with E-state index in [1.807, 2.05) is 0 Å². The van der Waals surface area contributed by atoms with Crippen molar-refractivity contribution in [1.29, 1.82) is 0 Å². The molecule has 0 saturated carbocycles. The van der Waals surface area contributed by atoms with E-state index in [0.29, 0.717) is 0 Å². The molecule has 2 aromatic rings. The molecule has 118 valence electrons. The monoisotopic (exact) mass is 328 g/mol. The summed E-state index contributed by atoms with van der Waals surface area (Å²) in [4.78, 5) is -0.583. The van der Waals surface area contributed by atoms with E-state index < -0.39 is 32.7 Å². The number of hydrogen-bond donors (Lipinski definition) is 2. The number of sulfone groups is 1. The van der Waals surface area contributed by atoms with Crippen LogP contribution in [0.5, 0.6) is 0 Å². The van der Waals surface area contributed by atoms with Crippen molar-refractivity contribution < 1.29 is 27.4 Å². The first-order chi connectivity index (χ1) is 10.3. The van der Waals surface area contributed by atoms with Crippen LogP contribution in [0.2, 0.25) is 0 Å². The van der Waals surface area contributed by atoms with Crippen molar-refractivity contribution in [2.45, 2.75) is 22.9 Å². The van der Waals surface area contributed by atoms with Gasteiger partial charge < -0.3 is 10.2 Å². The van der Waals surface area contributed by atoms with Crippen molar-refractivity contribution in [2.24, 2.45) is 0 Å². The average Bonchev–Trinajstić information content (AvgIpc) is 2.54. The van der Waals surface area contributed by atoms with Gasteiger partial charge in [-0.1, -0.05) is 42.5 Å². The molecule has 22 heavy (non-hydrogen) atoms. The van der Waals surface area contributed by atoms with Gasteiger partial charge in [-0.15, -0.1) is 0 Å². The quantitative estimate of drug-likeness (QED) is 0.883. The van der Waals surface area contributed by atoms with Gasteiger partial charge in [0.25, 0.3) is 0 Å². The molecule has 0 fully saturated rings. The van der Waals surface area contributed by atoms with E-state index in [1.165, 1.54) is 36.4 Å². The molecule has 0 saturated heterocycles. The van der Waals surface area contributed by atoms with Gasteiger partial charge in [0.2, 0.25) is 9.84 Å². The first kappa shape index (κ1) is 16.5. The van der Waals surface area contributed by atoms with Gasteiger partial charge in [-0.2, -0.15) is 8.78 Å². The van der Waals surface area contributed by atoms with Crippen LogP contribution in [0.1, 0.15) is 17.2 Å². The fraction of sp³-hybridized carbons (Fsp3) is 0.200. The number of alkyl halides is 2. The fourth-order valence-electron chi connectivity index (χ4n) is 2.03. The minimum Gasteiger partial charge on any atom is -0.392 e. The van der Waals surface area contributed by atoms with Crippen LogP contribution in [-0.2, 0) is 16.4 Å². The second kappa shape index (κ2) is 6.12. The van der Waals surface area contributed by atoms with Gasteiger partial charge in [-0.3, -0.25) is 0 Å². The molecule has 0 aliphatic rings. The van der Waals surface area contributed by atoms with Crippen LogP contribution in [0.25, 0.3) is 0 Å². The van der Waals surface area contributed by atoms with Gasteiger partial charge >= 0.3 is 5.25 Å². The van der Waals surface area contributed by atoms with Crippen molar-refractivity contribution in [3.8, 4) is 0 Å². The lowest BCUT2D eigenvalue weighted by atomic mass is 10.0. The molecule has 0 heterocycles. The standard InChI is InChI=1S/C15H14F2O4S/c16-15(17,22(20,21)12-7-2-1-3-8-12)14(19)13-9-5-4-6-11(13)10-18/h1-9,14,18-19H,10H2. The number of aliphatic hydroxyl groups is 2. The van der Waals surface area contributed by atoms with E-state index in [-0.39, 0.29) is 11.1 Å². The summed E-state index contributed by atoms with van der Waals surface area (Å²) in [6.07, 6.45) is -2.58. The molecule has 7 heteroatoms. The van der Waals surface area contributed by atoms with Gasteiger partial charge in [-0.25, -0.2) is 8.42 Å². The van der Waals surface area contributed by atoms with Gasteiger partial charge in [-0.05, 0) is 23.3 Å². The maximum atomic E-state index is 14.4. The summed E-state index contributed by atoms with van der Waals surface area (Å²) in [5.74, 6) is 0. The summed E-state index contributed by atoms with van der Waals surface area (Å²) >= 11 is 0. The number of aliphatic hydroxyl groups excluding tert-OH is 2. The molecular formula is C15H14F2O4S. The third kappa shape index (κ3) is 2.75. The van der Waals surface area contributed by atoms with Crippen LogP contribution in [0.4, 0.5) is 8.78 Å². The predicted molar refractivity (Wildman–Crippen MR) is 75.9 cm³/mol. The highest BCUT2D eigenvalue weighted by molar-refractivity contribution is 7.92. The van der Waals surface area contributed by atoms with Crippen molar-refractivity contribution in [1.82, 2.24) is 0 Å². The lowest BCUT2D eigenvalue weighted by molar-refractivity contribution is -0.0442. The van der Waals surface area contributed by atoms with Crippen molar-refractivity contribution >= 4 is 9.84 Å². The number of hydrogen-bond acceptors (Lipinski definition) is 4. The van der Waals surface area contributed by atoms with Crippen molar-refractivity contribution in [3.63, 3.8) is 0 Å². The Labute approximate surface area is 126 Å². The third-order valence-corrected chi connectivity index (χ3v) is 5.08. The van der Waals surface area contributed by atoms with Gasteiger partial charge in [0.15, 0.2) is 6.10 Å². The first-order valence-corrected chi connectivity index (χ1v) is 7.85. The number of rotatable bonds is 5. The van der Waals surface area contributed by atoms with E-state index in [1.54, 1.807) is 0 Å². The average molecular weight is 328 g/mol. The molecule has 0 spiro atoms. The second-order valence-electron chi connectivity index (χ2n) is 4.64. The maximum Gasteiger partial charge on any atom is 0.379 e. The van der Waals surface area contributed by atoms with E-state index in [0.717, 1.165) is 18.2 Å². The molecule has 1 atom stereocenters. The summed E-state index contributed by atoms with van der Waals surface area (Å²) < 4.78 is 52.9. The maximum absolute atomic E-state index is 14.4. The summed E-state index contributed by atoms with van der Waals surface area (Å²) in [6.45, 7) is -0.589. The Hall–Kier alpha value is -1.83. The van der Waals surface area contributed by atoms with Gasteiger partial charge in [0.05, 0.1) is 11.5 Å². The third-order valence-electron chi connectivity index (χ3n) is 3.25. The minimum atomic E-state index is -5.08. The lowest BCUT2D eigenvalue weighted by Gasteiger charge is -2.24. The Morgan fingerprint density at radius 2 is 1.55 bits per heavy atom. The van der Waals surface area contributed by atoms with Crippen LogP contribution < -0.4 is 0 Å². The van der Waals surface area contributed by atoms with Gasteiger partial charge in [0.1, 0.15) is 0 Å². The number of halogens is 2. The zero-order valence-electron chi connectivity index (χ0n) is 11.4. The Morgan fingerprint density at radius 3 is 2.14 bits per heavy atom. The van der Waals surface area contributed by atoms with Crippen LogP contribution in [0.15, 0.2) is 59.5 Å². The molecule has 0 amide bonds. The zero-order chi connectivity index (χ0) is 16.4. The van der Waals surface area contributed by atoms with Crippen LogP contribution in [0.3, 0.4) is 0 Å². The zero-order valence-corrected chi connectivity index (χ0v) is 12.2. The molecule has 4 nitrogen and oxygen atoms in total. The highest BCUT2D eigenvalue weighted by Gasteiger charge is 2.53. The molecule has 0 bridgehead atoms. The Morgan fingerprint density at radius 1 is 1.00 bits per heavy atom. The molecule has 2 N–H and O–H groups in total. The first-order valence-electron chi connectivity index (χ1n) is 6.36. The molecule has 2 aromatic carbocycles. The van der Waals surface area contributed by atoms with Crippen LogP contribution in [0, 0.1) is 0 Å². The lowest BCUT2D eigenvalue weighted by Crippen LogP contribution is -2.36. The van der Waals surface area contributed by atoms with E-state index in [2.05, 4.69) is 0 Å². The van der Waals surface area contributed by atoms with E-state index >= 15 is 0 Å². The second-order valence-corrected chi connectivity index (χ2v) is 6.66. The molecule has 0 aromatic heterocycles. The van der Waals surface area contributed by atoms with Crippen LogP contribution in [-0.4, -0.2) is 23.9 Å². The van der Waals surface area contributed by atoms with Crippen molar-refractivity contribution in [2.75, 3.05) is 0 Å². The highest BCUT2D eigenvalue weighted by Crippen LogP contribution is 2.40. The van der Waals surface area contributed by atoms with E-state index in [4.69, 9.17) is 5.11 Å². The molecule has 1 unspecified atom stereocenters. The summed E-state index contributed by atoms with van der Waals surface area (Å²) in [6, 6.07) is 11.6. The van der Waals surface area contributed by atoms with E-state index in [9.17, 15) is 22.3 Å². The van der Waals surface area contributed by atoms with Gasteiger partial charge in [0, 0.05) is 0 Å². The van der Waals surface area contributed by atoms with Crippen molar-refractivity contribution in [3.05, 3.63) is 65.7 Å². The molecule has 2 rings (SSSR count). The minimum absolute atomic E-state index is 0.0398. The summed E-state index contributed by atoms with van der Waals surface area (Å²) in [5.41, 5.74) is -0.285. The van der Waals surface area contributed by atoms with Crippen LogP contribution >= 0.6 is 0 Å². The highest BCUT2D eigenvalue weighted by atomic mass is 32.2.